The Labute approximate surface area is 113 Å². The van der Waals surface area contributed by atoms with Crippen LogP contribution in [0.25, 0.3) is 0 Å². The van der Waals surface area contributed by atoms with Gasteiger partial charge in [0, 0.05) is 24.7 Å². The zero-order valence-electron chi connectivity index (χ0n) is 11.6. The predicted octanol–water partition coefficient (Wildman–Crippen LogP) is 2.10. The standard InChI is InChI=1S/C13H21N3O3/c1-4-19-11-7-10(3)15-13(16-11)14-8-9(2)5-6-12(17)18/h7,9H,4-6,8H2,1-3H3,(H,17,18)(H,14,15,16). The molecule has 1 atom stereocenters. The fourth-order valence-corrected chi connectivity index (χ4v) is 1.58. The number of anilines is 1. The molecule has 0 saturated carbocycles. The first-order valence-electron chi connectivity index (χ1n) is 6.45. The summed E-state index contributed by atoms with van der Waals surface area (Å²) in [5, 5.41) is 11.7. The molecule has 0 aromatic carbocycles. The summed E-state index contributed by atoms with van der Waals surface area (Å²) in [6, 6.07) is 1.78. The normalized spacial score (nSPS) is 11.9. The second-order valence-corrected chi connectivity index (χ2v) is 4.52. The molecule has 6 nitrogen and oxygen atoms in total. The number of carboxylic acids is 1. The number of aliphatic carboxylic acids is 1. The minimum atomic E-state index is -0.766. The smallest absolute Gasteiger partial charge is 0.303 e. The zero-order valence-corrected chi connectivity index (χ0v) is 11.6. The van der Waals surface area contributed by atoms with Crippen LogP contribution in [0.5, 0.6) is 5.88 Å². The minimum absolute atomic E-state index is 0.182. The van der Waals surface area contributed by atoms with E-state index in [0.29, 0.717) is 31.4 Å². The van der Waals surface area contributed by atoms with Gasteiger partial charge in [-0.3, -0.25) is 4.79 Å². The van der Waals surface area contributed by atoms with Crippen molar-refractivity contribution in [3.8, 4) is 5.88 Å². The summed E-state index contributed by atoms with van der Waals surface area (Å²) >= 11 is 0. The van der Waals surface area contributed by atoms with Gasteiger partial charge in [-0.15, -0.1) is 0 Å². The summed E-state index contributed by atoms with van der Waals surface area (Å²) < 4.78 is 5.34. The van der Waals surface area contributed by atoms with Crippen molar-refractivity contribution < 1.29 is 14.6 Å². The lowest BCUT2D eigenvalue weighted by Gasteiger charge is -2.12. The molecule has 1 unspecified atom stereocenters. The molecule has 1 rings (SSSR count). The molecule has 0 saturated heterocycles. The molecule has 0 spiro atoms. The van der Waals surface area contributed by atoms with Crippen molar-refractivity contribution in [3.63, 3.8) is 0 Å². The van der Waals surface area contributed by atoms with Crippen molar-refractivity contribution in [3.05, 3.63) is 11.8 Å². The summed E-state index contributed by atoms with van der Waals surface area (Å²) in [4.78, 5) is 19.0. The fraction of sp³-hybridized carbons (Fsp3) is 0.615. The number of carboxylic acid groups (broad SMARTS) is 1. The van der Waals surface area contributed by atoms with Gasteiger partial charge < -0.3 is 15.2 Å². The first-order valence-corrected chi connectivity index (χ1v) is 6.45. The molecule has 1 aromatic rings. The molecule has 0 aliphatic rings. The lowest BCUT2D eigenvalue weighted by atomic mass is 10.1. The van der Waals surface area contributed by atoms with Gasteiger partial charge in [0.05, 0.1) is 6.61 Å². The molecule has 0 aliphatic carbocycles. The van der Waals surface area contributed by atoms with Crippen LogP contribution in [0.2, 0.25) is 0 Å². The first-order chi connectivity index (χ1) is 9.01. The largest absolute Gasteiger partial charge is 0.481 e. The number of hydrogen-bond donors (Lipinski definition) is 2. The van der Waals surface area contributed by atoms with E-state index in [9.17, 15) is 4.79 Å². The Morgan fingerprint density at radius 3 is 2.89 bits per heavy atom. The number of aryl methyl sites for hydroxylation is 1. The molecule has 6 heteroatoms. The van der Waals surface area contributed by atoms with Gasteiger partial charge in [0.15, 0.2) is 0 Å². The Morgan fingerprint density at radius 2 is 2.26 bits per heavy atom. The minimum Gasteiger partial charge on any atom is -0.481 e. The second-order valence-electron chi connectivity index (χ2n) is 4.52. The highest BCUT2D eigenvalue weighted by atomic mass is 16.5. The van der Waals surface area contributed by atoms with E-state index < -0.39 is 5.97 Å². The molecule has 0 aliphatic heterocycles. The summed E-state index contributed by atoms with van der Waals surface area (Å²) in [7, 11) is 0. The molecule has 2 N–H and O–H groups in total. The van der Waals surface area contributed by atoms with Gasteiger partial charge in [0.25, 0.3) is 0 Å². The average Bonchev–Trinajstić information content (AvgIpc) is 2.33. The van der Waals surface area contributed by atoms with Crippen molar-refractivity contribution >= 4 is 11.9 Å². The summed E-state index contributed by atoms with van der Waals surface area (Å²) in [5.41, 5.74) is 0.833. The highest BCUT2D eigenvalue weighted by Gasteiger charge is 2.07. The number of nitrogens with zero attached hydrogens (tertiary/aromatic N) is 2. The maximum absolute atomic E-state index is 10.5. The number of nitrogens with one attached hydrogen (secondary N) is 1. The van der Waals surface area contributed by atoms with E-state index in [1.165, 1.54) is 0 Å². The van der Waals surface area contributed by atoms with Crippen molar-refractivity contribution in [2.75, 3.05) is 18.5 Å². The molecule has 0 fully saturated rings. The van der Waals surface area contributed by atoms with E-state index in [-0.39, 0.29) is 12.3 Å². The molecule has 0 bridgehead atoms. The summed E-state index contributed by atoms with van der Waals surface area (Å²) in [5.74, 6) is 0.550. The lowest BCUT2D eigenvalue weighted by Crippen LogP contribution is -2.15. The first kappa shape index (κ1) is 15.2. The van der Waals surface area contributed by atoms with Crippen molar-refractivity contribution in [2.24, 2.45) is 5.92 Å². The van der Waals surface area contributed by atoms with Crippen LogP contribution in [0.4, 0.5) is 5.95 Å². The average molecular weight is 267 g/mol. The second kappa shape index (κ2) is 7.56. The monoisotopic (exact) mass is 267 g/mol. The van der Waals surface area contributed by atoms with Gasteiger partial charge in [0.1, 0.15) is 0 Å². The van der Waals surface area contributed by atoms with E-state index in [2.05, 4.69) is 15.3 Å². The van der Waals surface area contributed by atoms with Gasteiger partial charge in [-0.2, -0.15) is 4.98 Å². The van der Waals surface area contributed by atoms with Crippen molar-refractivity contribution in [2.45, 2.75) is 33.6 Å². The molecule has 0 radical (unpaired) electrons. The van der Waals surface area contributed by atoms with Crippen LogP contribution in [0.15, 0.2) is 6.07 Å². The Balaban J connectivity index is 2.50. The Kier molecular flexibility index (Phi) is 6.05. The van der Waals surface area contributed by atoms with E-state index in [1.807, 2.05) is 20.8 Å². The quantitative estimate of drug-likeness (QED) is 0.750. The number of carbonyl (C=O) groups is 1. The topological polar surface area (TPSA) is 84.3 Å². The number of aromatic nitrogens is 2. The van der Waals surface area contributed by atoms with E-state index in [0.717, 1.165) is 5.69 Å². The Morgan fingerprint density at radius 1 is 1.53 bits per heavy atom. The van der Waals surface area contributed by atoms with Gasteiger partial charge >= 0.3 is 5.97 Å². The van der Waals surface area contributed by atoms with Crippen molar-refractivity contribution in [1.29, 1.82) is 0 Å². The third-order valence-corrected chi connectivity index (χ3v) is 2.58. The van der Waals surface area contributed by atoms with E-state index >= 15 is 0 Å². The van der Waals surface area contributed by atoms with Crippen LogP contribution < -0.4 is 10.1 Å². The van der Waals surface area contributed by atoms with Crippen LogP contribution in [-0.4, -0.2) is 34.2 Å². The molecule has 1 aromatic heterocycles. The SMILES string of the molecule is CCOc1cc(C)nc(NCC(C)CCC(=O)O)n1. The summed E-state index contributed by atoms with van der Waals surface area (Å²) in [6.45, 7) is 6.98. The molecule has 1 heterocycles. The van der Waals surface area contributed by atoms with Crippen LogP contribution in [0.3, 0.4) is 0 Å². The molecule has 0 amide bonds. The number of ether oxygens (including phenoxy) is 1. The summed E-state index contributed by atoms with van der Waals surface area (Å²) in [6.07, 6.45) is 0.814. The van der Waals surface area contributed by atoms with Crippen molar-refractivity contribution in [1.82, 2.24) is 9.97 Å². The van der Waals surface area contributed by atoms with E-state index in [4.69, 9.17) is 9.84 Å². The Hall–Kier alpha value is -1.85. The van der Waals surface area contributed by atoms with E-state index in [1.54, 1.807) is 6.07 Å². The van der Waals surface area contributed by atoms with Crippen LogP contribution in [-0.2, 0) is 4.79 Å². The third kappa shape index (κ3) is 6.03. The number of rotatable bonds is 8. The molecular formula is C13H21N3O3. The van der Waals surface area contributed by atoms with Gasteiger partial charge in [-0.05, 0) is 26.2 Å². The van der Waals surface area contributed by atoms with Gasteiger partial charge in [-0.25, -0.2) is 4.98 Å². The lowest BCUT2D eigenvalue weighted by molar-refractivity contribution is -0.137. The molecule has 19 heavy (non-hydrogen) atoms. The molecule has 106 valence electrons. The third-order valence-electron chi connectivity index (χ3n) is 2.58. The highest BCUT2D eigenvalue weighted by Crippen LogP contribution is 2.13. The van der Waals surface area contributed by atoms with Gasteiger partial charge in [-0.1, -0.05) is 6.92 Å². The van der Waals surface area contributed by atoms with Crippen LogP contribution >= 0.6 is 0 Å². The predicted molar refractivity (Wildman–Crippen MR) is 72.5 cm³/mol. The Bertz CT molecular complexity index is 424. The van der Waals surface area contributed by atoms with Crippen LogP contribution in [0, 0.1) is 12.8 Å². The maximum atomic E-state index is 10.5. The highest BCUT2D eigenvalue weighted by molar-refractivity contribution is 5.66. The number of hydrogen-bond acceptors (Lipinski definition) is 5. The van der Waals surface area contributed by atoms with Gasteiger partial charge in [0.2, 0.25) is 11.8 Å². The molecular weight excluding hydrogens is 246 g/mol. The maximum Gasteiger partial charge on any atom is 0.303 e. The fourth-order valence-electron chi connectivity index (χ4n) is 1.58. The zero-order chi connectivity index (χ0) is 14.3. The van der Waals surface area contributed by atoms with Crippen LogP contribution in [0.1, 0.15) is 32.4 Å².